The number of sulfonamides is 1. The van der Waals surface area contributed by atoms with Crippen LogP contribution in [0.2, 0.25) is 0 Å². The van der Waals surface area contributed by atoms with Gasteiger partial charge in [-0.05, 0) is 18.8 Å². The summed E-state index contributed by atoms with van der Waals surface area (Å²) in [4.78, 5) is 0. The molecule has 0 aromatic heterocycles. The molecule has 1 atom stereocenters. The fourth-order valence-electron chi connectivity index (χ4n) is 1.49. The van der Waals surface area contributed by atoms with Crippen molar-refractivity contribution in [2.75, 3.05) is 29.6 Å². The normalized spacial score (nSPS) is 14.6. The standard InChI is InChI=1S/C10H22BrNO4S2/c1-3-4-10(5-6-11)9-12-18(15,16)8-7-17(2,13)14/h10,12H,3-9H2,1-2H3. The lowest BCUT2D eigenvalue weighted by Gasteiger charge is -2.15. The Labute approximate surface area is 119 Å². The molecule has 0 spiro atoms. The molecule has 1 unspecified atom stereocenters. The fourth-order valence-corrected chi connectivity index (χ4v) is 4.86. The summed E-state index contributed by atoms with van der Waals surface area (Å²) in [6, 6.07) is 0. The van der Waals surface area contributed by atoms with Crippen LogP contribution in [-0.4, -0.2) is 46.5 Å². The Balaban J connectivity index is 4.23. The third-order valence-electron chi connectivity index (χ3n) is 2.53. The van der Waals surface area contributed by atoms with Gasteiger partial charge < -0.3 is 0 Å². The van der Waals surface area contributed by atoms with E-state index in [0.29, 0.717) is 12.5 Å². The Hall–Kier alpha value is 0.340. The van der Waals surface area contributed by atoms with Crippen LogP contribution in [0.4, 0.5) is 0 Å². The first-order valence-electron chi connectivity index (χ1n) is 5.91. The molecular formula is C10H22BrNO4S2. The Kier molecular flexibility index (Phi) is 8.66. The maximum absolute atomic E-state index is 11.6. The lowest BCUT2D eigenvalue weighted by molar-refractivity contribution is 0.459. The summed E-state index contributed by atoms with van der Waals surface area (Å²) >= 11 is 3.34. The zero-order valence-corrected chi connectivity index (χ0v) is 14.1. The minimum Gasteiger partial charge on any atom is -0.229 e. The van der Waals surface area contributed by atoms with E-state index in [9.17, 15) is 16.8 Å². The molecule has 0 radical (unpaired) electrons. The molecule has 0 aliphatic heterocycles. The quantitative estimate of drug-likeness (QED) is 0.590. The first-order valence-corrected chi connectivity index (χ1v) is 10.7. The monoisotopic (exact) mass is 363 g/mol. The van der Waals surface area contributed by atoms with Gasteiger partial charge in [0.2, 0.25) is 10.0 Å². The zero-order chi connectivity index (χ0) is 14.2. The van der Waals surface area contributed by atoms with E-state index in [-0.39, 0.29) is 11.5 Å². The van der Waals surface area contributed by atoms with Crippen molar-refractivity contribution < 1.29 is 16.8 Å². The van der Waals surface area contributed by atoms with Gasteiger partial charge in [-0.15, -0.1) is 0 Å². The topological polar surface area (TPSA) is 80.3 Å². The number of hydrogen-bond acceptors (Lipinski definition) is 4. The van der Waals surface area contributed by atoms with E-state index in [1.54, 1.807) is 0 Å². The van der Waals surface area contributed by atoms with Crippen molar-refractivity contribution in [2.24, 2.45) is 5.92 Å². The average molecular weight is 364 g/mol. The third kappa shape index (κ3) is 10.3. The molecule has 0 aromatic rings. The lowest BCUT2D eigenvalue weighted by Crippen LogP contribution is -2.33. The van der Waals surface area contributed by atoms with Crippen molar-refractivity contribution >= 4 is 35.8 Å². The van der Waals surface area contributed by atoms with E-state index < -0.39 is 19.9 Å². The highest BCUT2D eigenvalue weighted by Crippen LogP contribution is 2.12. The van der Waals surface area contributed by atoms with Gasteiger partial charge in [-0.2, -0.15) is 0 Å². The number of rotatable bonds is 10. The van der Waals surface area contributed by atoms with Gasteiger partial charge in [0.05, 0.1) is 11.5 Å². The summed E-state index contributed by atoms with van der Waals surface area (Å²) in [7, 11) is -6.73. The highest BCUT2D eigenvalue weighted by molar-refractivity contribution is 9.09. The highest BCUT2D eigenvalue weighted by Gasteiger charge is 2.16. The first-order chi connectivity index (χ1) is 8.20. The maximum Gasteiger partial charge on any atom is 0.212 e. The number of hydrogen-bond donors (Lipinski definition) is 1. The summed E-state index contributed by atoms with van der Waals surface area (Å²) in [6.07, 6.45) is 3.90. The summed E-state index contributed by atoms with van der Waals surface area (Å²) in [6.45, 7) is 2.44. The number of alkyl halides is 1. The van der Waals surface area contributed by atoms with Crippen LogP contribution in [0.15, 0.2) is 0 Å². The number of halogens is 1. The predicted molar refractivity (Wildman–Crippen MR) is 78.3 cm³/mol. The molecule has 5 nitrogen and oxygen atoms in total. The van der Waals surface area contributed by atoms with Crippen molar-refractivity contribution in [1.29, 1.82) is 0 Å². The molecule has 0 saturated heterocycles. The second-order valence-corrected chi connectivity index (χ2v) is 9.41. The molecule has 0 amide bonds. The van der Waals surface area contributed by atoms with Gasteiger partial charge in [0, 0.05) is 18.1 Å². The van der Waals surface area contributed by atoms with Gasteiger partial charge in [-0.1, -0.05) is 29.3 Å². The average Bonchev–Trinajstić information content (AvgIpc) is 2.23. The molecule has 0 fully saturated rings. The first kappa shape index (κ1) is 18.3. The SMILES string of the molecule is CCCC(CCBr)CNS(=O)(=O)CCS(C)(=O)=O. The maximum atomic E-state index is 11.6. The fraction of sp³-hybridized carbons (Fsp3) is 1.00. The summed E-state index contributed by atoms with van der Waals surface area (Å²) in [5.41, 5.74) is 0. The second kappa shape index (κ2) is 8.50. The van der Waals surface area contributed by atoms with E-state index in [4.69, 9.17) is 0 Å². The summed E-state index contributed by atoms with van der Waals surface area (Å²) in [5.74, 6) is -0.402. The van der Waals surface area contributed by atoms with Crippen molar-refractivity contribution in [3.63, 3.8) is 0 Å². The van der Waals surface area contributed by atoms with Crippen molar-refractivity contribution in [3.8, 4) is 0 Å². The molecule has 0 rings (SSSR count). The highest BCUT2D eigenvalue weighted by atomic mass is 79.9. The van der Waals surface area contributed by atoms with Crippen LogP contribution in [0.25, 0.3) is 0 Å². The molecule has 0 heterocycles. The van der Waals surface area contributed by atoms with Crippen LogP contribution in [0.1, 0.15) is 26.2 Å². The molecule has 0 aliphatic rings. The predicted octanol–water partition coefficient (Wildman–Crippen LogP) is 1.15. The molecule has 0 aliphatic carbocycles. The largest absolute Gasteiger partial charge is 0.229 e. The molecular weight excluding hydrogens is 342 g/mol. The smallest absolute Gasteiger partial charge is 0.212 e. The van der Waals surface area contributed by atoms with Crippen LogP contribution in [0, 0.1) is 5.92 Å². The van der Waals surface area contributed by atoms with Gasteiger partial charge in [-0.3, -0.25) is 0 Å². The number of nitrogens with one attached hydrogen (secondary N) is 1. The van der Waals surface area contributed by atoms with Crippen molar-refractivity contribution in [2.45, 2.75) is 26.2 Å². The van der Waals surface area contributed by atoms with Crippen molar-refractivity contribution in [3.05, 3.63) is 0 Å². The van der Waals surface area contributed by atoms with Gasteiger partial charge in [0.15, 0.2) is 0 Å². The molecule has 0 aromatic carbocycles. The third-order valence-corrected chi connectivity index (χ3v) is 5.54. The van der Waals surface area contributed by atoms with Gasteiger partial charge in [0.25, 0.3) is 0 Å². The molecule has 18 heavy (non-hydrogen) atoms. The van der Waals surface area contributed by atoms with E-state index in [1.807, 2.05) is 0 Å². The molecule has 0 bridgehead atoms. The van der Waals surface area contributed by atoms with Crippen LogP contribution >= 0.6 is 15.9 Å². The van der Waals surface area contributed by atoms with Crippen molar-refractivity contribution in [1.82, 2.24) is 4.72 Å². The van der Waals surface area contributed by atoms with E-state index in [1.165, 1.54) is 0 Å². The lowest BCUT2D eigenvalue weighted by atomic mass is 10.0. The molecule has 1 N–H and O–H groups in total. The Morgan fingerprint density at radius 2 is 1.72 bits per heavy atom. The van der Waals surface area contributed by atoms with Crippen LogP contribution < -0.4 is 4.72 Å². The van der Waals surface area contributed by atoms with E-state index in [2.05, 4.69) is 27.6 Å². The Bertz CT molecular complexity index is 413. The number of sulfone groups is 1. The van der Waals surface area contributed by atoms with Gasteiger partial charge in [-0.25, -0.2) is 21.6 Å². The van der Waals surface area contributed by atoms with Crippen LogP contribution in [0.5, 0.6) is 0 Å². The molecule has 8 heteroatoms. The Morgan fingerprint density at radius 3 is 2.17 bits per heavy atom. The van der Waals surface area contributed by atoms with E-state index >= 15 is 0 Å². The Morgan fingerprint density at radius 1 is 1.11 bits per heavy atom. The van der Waals surface area contributed by atoms with Gasteiger partial charge in [0.1, 0.15) is 9.84 Å². The minimum absolute atomic E-state index is 0.294. The van der Waals surface area contributed by atoms with Crippen LogP contribution in [-0.2, 0) is 19.9 Å². The molecule has 0 saturated carbocycles. The summed E-state index contributed by atoms with van der Waals surface area (Å²) < 4.78 is 47.5. The van der Waals surface area contributed by atoms with Gasteiger partial charge >= 0.3 is 0 Å². The zero-order valence-electron chi connectivity index (χ0n) is 10.9. The molecule has 110 valence electrons. The summed E-state index contributed by atoms with van der Waals surface area (Å²) in [5, 5.41) is 0.836. The minimum atomic E-state index is -3.49. The van der Waals surface area contributed by atoms with E-state index in [0.717, 1.165) is 30.8 Å². The van der Waals surface area contributed by atoms with Crippen LogP contribution in [0.3, 0.4) is 0 Å². The second-order valence-electron chi connectivity index (χ2n) is 4.43.